The number of benzene rings is 2. The van der Waals surface area contributed by atoms with Crippen LogP contribution in [0.5, 0.6) is 0 Å². The molecule has 0 saturated carbocycles. The summed E-state index contributed by atoms with van der Waals surface area (Å²) in [6, 6.07) is 18.9. The molecule has 0 bridgehead atoms. The van der Waals surface area contributed by atoms with Gasteiger partial charge in [0, 0.05) is 0 Å². The molecule has 0 unspecified atom stereocenters. The van der Waals surface area contributed by atoms with Crippen LogP contribution in [0.3, 0.4) is 0 Å². The van der Waals surface area contributed by atoms with Crippen molar-refractivity contribution in [1.29, 1.82) is 0 Å². The summed E-state index contributed by atoms with van der Waals surface area (Å²) >= 11 is 0. The third-order valence-corrected chi connectivity index (χ3v) is 2.29. The Kier molecular flexibility index (Phi) is 4.14. The molecular formula is C15H13NO2. The van der Waals surface area contributed by atoms with Gasteiger partial charge in [-0.1, -0.05) is 48.5 Å². The number of rotatable bonds is 5. The second-order valence-electron chi connectivity index (χ2n) is 3.65. The van der Waals surface area contributed by atoms with Gasteiger partial charge in [0.2, 0.25) is 0 Å². The van der Waals surface area contributed by atoms with Crippen LogP contribution >= 0.6 is 0 Å². The van der Waals surface area contributed by atoms with Gasteiger partial charge in [-0.25, -0.2) is 5.48 Å². The maximum absolute atomic E-state index is 10.9. The van der Waals surface area contributed by atoms with Gasteiger partial charge in [0.1, 0.15) is 0 Å². The minimum absolute atomic E-state index is 0.227. The van der Waals surface area contributed by atoms with E-state index in [2.05, 4.69) is 5.48 Å². The highest BCUT2D eigenvalue weighted by atomic mass is 16.6. The van der Waals surface area contributed by atoms with E-state index in [4.69, 9.17) is 4.84 Å². The van der Waals surface area contributed by atoms with Gasteiger partial charge in [0.25, 0.3) is 0 Å². The molecule has 90 valence electrons. The number of hydrogen-bond acceptors (Lipinski definition) is 3. The van der Waals surface area contributed by atoms with Crippen LogP contribution in [0.1, 0.15) is 5.56 Å². The summed E-state index contributed by atoms with van der Waals surface area (Å²) in [6.45, 7) is 0. The van der Waals surface area contributed by atoms with Crippen LogP contribution in [-0.2, 0) is 9.63 Å². The first kappa shape index (κ1) is 11.9. The molecule has 0 atom stereocenters. The summed E-state index contributed by atoms with van der Waals surface area (Å²) in [7, 11) is 0. The molecule has 2 rings (SSSR count). The van der Waals surface area contributed by atoms with Crippen molar-refractivity contribution in [3.05, 3.63) is 72.0 Å². The summed E-state index contributed by atoms with van der Waals surface area (Å²) in [5.74, 6) is 0.227. The SMILES string of the molecule is O=CC(=Cc1ccccc1)ONc1ccccc1. The number of carbonyl (C=O) groups is 1. The fourth-order valence-electron chi connectivity index (χ4n) is 1.43. The van der Waals surface area contributed by atoms with Gasteiger partial charge in [0.05, 0.1) is 5.69 Å². The van der Waals surface area contributed by atoms with Crippen LogP contribution in [0.2, 0.25) is 0 Å². The number of hydrogen-bond donors (Lipinski definition) is 1. The lowest BCUT2D eigenvalue weighted by atomic mass is 10.2. The van der Waals surface area contributed by atoms with Gasteiger partial charge in [-0.3, -0.25) is 4.79 Å². The molecule has 1 N–H and O–H groups in total. The highest BCUT2D eigenvalue weighted by Crippen LogP contribution is 2.09. The zero-order chi connectivity index (χ0) is 12.6. The van der Waals surface area contributed by atoms with Crippen molar-refractivity contribution in [2.24, 2.45) is 0 Å². The lowest BCUT2D eigenvalue weighted by Crippen LogP contribution is -2.02. The first-order valence-electron chi connectivity index (χ1n) is 5.58. The molecule has 0 aliphatic rings. The van der Waals surface area contributed by atoms with E-state index in [-0.39, 0.29) is 5.76 Å². The summed E-state index contributed by atoms with van der Waals surface area (Å²) in [6.07, 6.45) is 2.34. The van der Waals surface area contributed by atoms with Crippen LogP contribution in [-0.4, -0.2) is 6.29 Å². The largest absolute Gasteiger partial charge is 0.379 e. The maximum Gasteiger partial charge on any atom is 0.195 e. The molecule has 2 aromatic carbocycles. The van der Waals surface area contributed by atoms with Gasteiger partial charge in [-0.05, 0) is 23.8 Å². The summed E-state index contributed by atoms with van der Waals surface area (Å²) in [5, 5.41) is 0. The molecule has 0 fully saturated rings. The number of anilines is 1. The molecule has 0 aliphatic carbocycles. The predicted octanol–water partition coefficient (Wildman–Crippen LogP) is 3.27. The van der Waals surface area contributed by atoms with Crippen LogP contribution in [0.25, 0.3) is 6.08 Å². The molecule has 3 heteroatoms. The van der Waals surface area contributed by atoms with E-state index >= 15 is 0 Å². The highest BCUT2D eigenvalue weighted by Gasteiger charge is 1.97. The fourth-order valence-corrected chi connectivity index (χ4v) is 1.43. The fraction of sp³-hybridized carbons (Fsp3) is 0. The third kappa shape index (κ3) is 3.49. The molecule has 3 nitrogen and oxygen atoms in total. The molecular weight excluding hydrogens is 226 g/mol. The minimum Gasteiger partial charge on any atom is -0.379 e. The molecule has 0 radical (unpaired) electrons. The molecule has 0 amide bonds. The minimum atomic E-state index is 0.227. The molecule has 2 aromatic rings. The van der Waals surface area contributed by atoms with Crippen LogP contribution in [0.4, 0.5) is 5.69 Å². The van der Waals surface area contributed by atoms with Crippen molar-refractivity contribution in [3.8, 4) is 0 Å². The topological polar surface area (TPSA) is 38.3 Å². The van der Waals surface area contributed by atoms with E-state index in [0.29, 0.717) is 6.29 Å². The van der Waals surface area contributed by atoms with Crippen molar-refractivity contribution in [1.82, 2.24) is 0 Å². The molecule has 0 saturated heterocycles. The quantitative estimate of drug-likeness (QED) is 0.376. The average molecular weight is 239 g/mol. The van der Waals surface area contributed by atoms with Crippen LogP contribution in [0.15, 0.2) is 66.4 Å². The first-order chi connectivity index (χ1) is 8.88. The molecule has 0 spiro atoms. The summed E-state index contributed by atoms with van der Waals surface area (Å²) < 4.78 is 0. The van der Waals surface area contributed by atoms with Crippen molar-refractivity contribution in [3.63, 3.8) is 0 Å². The molecule has 18 heavy (non-hydrogen) atoms. The van der Waals surface area contributed by atoms with E-state index in [0.717, 1.165) is 11.3 Å². The lowest BCUT2D eigenvalue weighted by molar-refractivity contribution is -0.107. The summed E-state index contributed by atoms with van der Waals surface area (Å²) in [4.78, 5) is 16.1. The van der Waals surface area contributed by atoms with Crippen LogP contribution < -0.4 is 5.48 Å². The average Bonchev–Trinajstić information content (AvgIpc) is 2.45. The Hall–Kier alpha value is -2.55. The predicted molar refractivity (Wildman–Crippen MR) is 71.6 cm³/mol. The van der Waals surface area contributed by atoms with E-state index in [1.54, 1.807) is 6.08 Å². The van der Waals surface area contributed by atoms with Crippen molar-refractivity contribution in [2.75, 3.05) is 5.48 Å². The van der Waals surface area contributed by atoms with Crippen molar-refractivity contribution in [2.45, 2.75) is 0 Å². The second-order valence-corrected chi connectivity index (χ2v) is 3.65. The Morgan fingerprint density at radius 1 is 0.944 bits per heavy atom. The van der Waals surface area contributed by atoms with E-state index in [1.165, 1.54) is 0 Å². The molecule has 0 aromatic heterocycles. The summed E-state index contributed by atoms with van der Waals surface area (Å²) in [5.41, 5.74) is 4.42. The van der Waals surface area contributed by atoms with E-state index in [9.17, 15) is 4.79 Å². The van der Waals surface area contributed by atoms with Crippen LogP contribution in [0, 0.1) is 0 Å². The van der Waals surface area contributed by atoms with Crippen molar-refractivity contribution >= 4 is 18.0 Å². The van der Waals surface area contributed by atoms with E-state index < -0.39 is 0 Å². The normalized spacial score (nSPS) is 10.8. The maximum atomic E-state index is 10.9. The van der Waals surface area contributed by atoms with Gasteiger partial charge in [-0.2, -0.15) is 0 Å². The van der Waals surface area contributed by atoms with E-state index in [1.807, 2.05) is 60.7 Å². The Morgan fingerprint density at radius 2 is 1.56 bits per heavy atom. The van der Waals surface area contributed by atoms with Gasteiger partial charge in [-0.15, -0.1) is 0 Å². The zero-order valence-electron chi connectivity index (χ0n) is 9.74. The second kappa shape index (κ2) is 6.25. The Bertz CT molecular complexity index is 521. The number of para-hydroxylation sites is 1. The Labute approximate surface area is 106 Å². The number of aldehydes is 1. The first-order valence-corrected chi connectivity index (χ1v) is 5.58. The zero-order valence-corrected chi connectivity index (χ0v) is 9.74. The van der Waals surface area contributed by atoms with Gasteiger partial charge >= 0.3 is 0 Å². The monoisotopic (exact) mass is 239 g/mol. The number of allylic oxidation sites excluding steroid dienone is 1. The third-order valence-electron chi connectivity index (χ3n) is 2.29. The Morgan fingerprint density at radius 3 is 2.17 bits per heavy atom. The van der Waals surface area contributed by atoms with Gasteiger partial charge < -0.3 is 4.84 Å². The smallest absolute Gasteiger partial charge is 0.195 e. The number of nitrogens with one attached hydrogen (secondary N) is 1. The molecule has 0 heterocycles. The standard InChI is InChI=1S/C15H13NO2/c17-12-15(11-13-7-3-1-4-8-13)18-16-14-9-5-2-6-10-14/h1-12,16H. The Balaban J connectivity index is 2.02. The lowest BCUT2D eigenvalue weighted by Gasteiger charge is -2.07. The van der Waals surface area contributed by atoms with Crippen molar-refractivity contribution < 1.29 is 9.63 Å². The molecule has 0 aliphatic heterocycles. The highest BCUT2D eigenvalue weighted by molar-refractivity contribution is 5.79. The number of carbonyl (C=O) groups excluding carboxylic acids is 1. The van der Waals surface area contributed by atoms with Gasteiger partial charge in [0.15, 0.2) is 12.0 Å².